The zero-order chi connectivity index (χ0) is 44.7. The molecule has 61 saturated carbocycles. The Labute approximate surface area is 463 Å². The monoisotopic (exact) mass is 1030 g/mol. The molecule has 82 heavy (non-hydrogen) atoms. The van der Waals surface area contributed by atoms with Crippen LogP contribution in [0, 0.1) is 434 Å². The first-order chi connectivity index (χ1) is 40.8. The van der Waals surface area contributed by atoms with Crippen molar-refractivity contribution in [2.75, 3.05) is 0 Å². The van der Waals surface area contributed by atoms with Crippen molar-refractivity contribution in [2.24, 2.45) is 429 Å². The predicted octanol–water partition coefficient (Wildman–Crippen LogP) is 6.21. The van der Waals surface area contributed by atoms with E-state index in [0.29, 0.717) is 0 Å². The summed E-state index contributed by atoms with van der Waals surface area (Å²) in [5.74, 6) is 48.6. The highest BCUT2D eigenvalue weighted by molar-refractivity contribution is 6.21. The van der Waals surface area contributed by atoms with Crippen molar-refractivity contribution in [3.05, 3.63) is 5.41 Å². The van der Waals surface area contributed by atoms with Crippen LogP contribution in [-0.2, 0) is 0 Å². The summed E-state index contributed by atoms with van der Waals surface area (Å²) < 4.78 is 0. The van der Waals surface area contributed by atoms with E-state index in [1.54, 1.807) is 0 Å². The number of hydrogen-bond acceptors (Lipinski definition) is 0. The van der Waals surface area contributed by atoms with E-state index in [1.807, 2.05) is 32.1 Å². The van der Waals surface area contributed by atoms with Crippen molar-refractivity contribution >= 4 is 0 Å². The predicted molar refractivity (Wildman–Crippen MR) is 247 cm³/mol. The fourth-order valence-electron chi connectivity index (χ4n) is 95.4. The quantitative estimate of drug-likeness (QED) is 0.271. The molecule has 77 unspecified atom stereocenters. The van der Waals surface area contributed by atoms with Crippen LogP contribution in [0.1, 0.15) is 32.1 Å². The van der Waals surface area contributed by atoms with Gasteiger partial charge in [0.2, 0.25) is 0 Å². The number of hydrogen-bond donors (Lipinski definition) is 0. The molecule has 372 valence electrons. The minimum atomic E-state index is 1.02. The summed E-state index contributed by atoms with van der Waals surface area (Å²) in [4.78, 5) is 0. The molecule has 77 atom stereocenters. The number of fused-ring (bicyclic) bond motifs is 29. The van der Waals surface area contributed by atoms with Gasteiger partial charge in [-0.15, -0.1) is 0 Å². The van der Waals surface area contributed by atoms with Gasteiger partial charge in [0.25, 0.3) is 0 Å². The van der Waals surface area contributed by atoms with Crippen molar-refractivity contribution in [1.82, 2.24) is 0 Å². The highest BCUT2D eigenvalue weighted by Gasteiger charge is 3.75. The van der Waals surface area contributed by atoms with Gasteiger partial charge in [0.05, 0.1) is 0 Å². The molecule has 61 rings (SSSR count). The Hall–Kier alpha value is 0. The van der Waals surface area contributed by atoms with Crippen molar-refractivity contribution in [3.8, 4) is 0 Å². The van der Waals surface area contributed by atoms with Crippen LogP contribution in [0.2, 0.25) is 0 Å². The zero-order valence-electron chi connectivity index (χ0n) is 44.7. The maximum Gasteiger partial charge on any atom is -0.000715 e. The molecule has 61 aliphatic rings. The Bertz CT molecular complexity index is 6210. The maximum absolute atomic E-state index is 1.90. The standard InChI is InChI=1S/C82H44/c1-2-40-5-11-17-21-25-29-33-37-35-31-27-23-19-15-9-3-8-14-7-4-10-16-20-24-28-32-36-38-34-30-26-22-18-12-6(1)13-39(40)70-43(12,13)48(18)52(22)56(26)60(30)64(34)68(38)66(36)62(32)58(28)54(24)50(20)46(16)41(7,10)45(14)42(8,9)47(15)51(19)55(23)59(27)63(31)67(35)69(37)65(33)61(29)57(25)53(21)49(17,44(11,40)70)72(48,70)74(52,53)76(56,57)78(60,61)80(64,65)82(68,69)81(66,67)79(62,63)77(58,59)75(54,55)73(50,51)71(45,46)47/h6-39H,1-5H2. The molecule has 0 aromatic carbocycles. The second-order valence-electron chi connectivity index (χ2n) is 54.2. The Morgan fingerprint density at radius 1 is 0.183 bits per heavy atom. The summed E-state index contributed by atoms with van der Waals surface area (Å²) in [6, 6.07) is 0. The van der Waals surface area contributed by atoms with Crippen LogP contribution in [-0.4, -0.2) is 0 Å². The third kappa shape index (κ3) is 0.543. The van der Waals surface area contributed by atoms with Gasteiger partial charge in [0, 0.05) is 0 Å². The first-order valence-electron chi connectivity index (χ1n) is 40.8. The summed E-state index contributed by atoms with van der Waals surface area (Å²) in [6.45, 7) is 0. The lowest BCUT2D eigenvalue weighted by molar-refractivity contribution is -1.26. The molecule has 0 saturated heterocycles. The highest BCUT2D eigenvalue weighted by atomic mass is 15.8. The van der Waals surface area contributed by atoms with Gasteiger partial charge < -0.3 is 0 Å². The van der Waals surface area contributed by atoms with Crippen LogP contribution < -0.4 is 0 Å². The van der Waals surface area contributed by atoms with Gasteiger partial charge >= 0.3 is 0 Å². The lowest BCUT2D eigenvalue weighted by atomic mass is 8.32. The summed E-state index contributed by atoms with van der Waals surface area (Å²) >= 11 is 0. The van der Waals surface area contributed by atoms with E-state index in [-0.39, 0.29) is 0 Å². The highest BCUT2D eigenvalue weighted by Crippen LogP contribution is 3.76. The minimum Gasteiger partial charge on any atom is -0.0493 e. The molecule has 0 N–H and O–H groups in total. The number of rotatable bonds is 0. The first kappa shape index (κ1) is 26.7. The van der Waals surface area contributed by atoms with E-state index in [1.165, 1.54) is 201 Å². The van der Waals surface area contributed by atoms with E-state index in [4.69, 9.17) is 0 Å². The van der Waals surface area contributed by atoms with Crippen molar-refractivity contribution < 1.29 is 0 Å². The molecule has 43 spiro atoms. The maximum atomic E-state index is 1.90. The molecule has 0 aromatic heterocycles. The van der Waals surface area contributed by atoms with Crippen LogP contribution in [0.5, 0.6) is 0 Å². The van der Waals surface area contributed by atoms with E-state index in [9.17, 15) is 0 Å². The van der Waals surface area contributed by atoms with Gasteiger partial charge in [-0.1, -0.05) is 0 Å². The third-order valence-electron chi connectivity index (χ3n) is 73.6. The second kappa shape index (κ2) is 3.89. The molecule has 61 fully saturated rings. The van der Waals surface area contributed by atoms with E-state index >= 15 is 0 Å². The average Bonchev–Trinajstić information content (AvgIpc) is 0.422. The van der Waals surface area contributed by atoms with Gasteiger partial charge in [0.15, 0.2) is 0 Å². The van der Waals surface area contributed by atoms with Crippen LogP contribution in [0.25, 0.3) is 0 Å². The lowest BCUT2D eigenvalue weighted by Crippen LogP contribution is -3.69. The summed E-state index contributed by atoms with van der Waals surface area (Å²) in [5, 5.41) is 0. The van der Waals surface area contributed by atoms with Gasteiger partial charge in [-0.3, -0.25) is 0 Å². The average molecular weight is 1030 g/mol. The summed E-state index contributed by atoms with van der Waals surface area (Å²) in [7, 11) is 0. The fourth-order valence-corrected chi connectivity index (χ4v) is 95.4. The molecule has 0 aliphatic heterocycles. The van der Waals surface area contributed by atoms with Gasteiger partial charge in [0.1, 0.15) is 0 Å². The fraction of sp³-hybridized carbons (Fsp3) is 1.00. The molecular formula is C82H44. The van der Waals surface area contributed by atoms with Crippen molar-refractivity contribution in [1.29, 1.82) is 0 Å². The normalized spacial score (nSPS) is 147. The summed E-state index contributed by atoms with van der Waals surface area (Å²) in [6.07, 6.45) is 9.35. The largest absolute Gasteiger partial charge is 0.0493 e. The van der Waals surface area contributed by atoms with Gasteiger partial charge in [-0.05, 0) is 466 Å². The molecular weight excluding hydrogens is 985 g/mol. The van der Waals surface area contributed by atoms with E-state index in [0.717, 1.165) is 233 Å². The molecule has 0 heterocycles. The lowest BCUT2D eigenvalue weighted by Gasteiger charge is -3.70. The molecule has 0 radical (unpaired) electrons. The van der Waals surface area contributed by atoms with Crippen molar-refractivity contribution in [2.45, 2.75) is 32.1 Å². The Kier molecular flexibility index (Phi) is 1.27. The van der Waals surface area contributed by atoms with Gasteiger partial charge in [-0.25, -0.2) is 0 Å². The molecule has 0 heteroatoms. The minimum absolute atomic E-state index is 1.02. The van der Waals surface area contributed by atoms with Crippen LogP contribution in [0.3, 0.4) is 0 Å². The Morgan fingerprint density at radius 3 is 0.854 bits per heavy atom. The van der Waals surface area contributed by atoms with Crippen LogP contribution >= 0.6 is 0 Å². The zero-order valence-corrected chi connectivity index (χ0v) is 44.7. The molecule has 0 aromatic rings. The first-order valence-corrected chi connectivity index (χ1v) is 40.8. The third-order valence-corrected chi connectivity index (χ3v) is 73.6. The van der Waals surface area contributed by atoms with Crippen LogP contribution in [0.4, 0.5) is 0 Å². The molecule has 61 aliphatic carbocycles. The second-order valence-corrected chi connectivity index (χ2v) is 54.2. The van der Waals surface area contributed by atoms with Gasteiger partial charge in [-0.2, -0.15) is 0 Å². The molecule has 0 nitrogen and oxygen atoms in total. The van der Waals surface area contributed by atoms with E-state index < -0.39 is 0 Å². The summed E-state index contributed by atoms with van der Waals surface area (Å²) in [5.41, 5.74) is 48.7. The SMILES string of the molecule is C1CC23CC4C5C6C7C8C9C%10C%11C%12C%13C%14C%15C%16C%17CC%18C%19C%20CC%21C%22C%23C%24C%25C%26C%27C%28C%29C%30C%31C%32C%33C%34C1C1C2C2%35C1%34C%331C%32%33C%31%32C%30%31C%29%30C%28%29C%27%28C%26%27C%25%26C%24%25C%23%24C%22%23C%20%21C%19%20C%18%17C%16%17C%15%16C%14%15C%13%14C%12%13C%11%12C%10%11C9%10C89C78C67C5(C432)C%351C%337C%328C%319C%30%10C%29%11C%28%12C%27%13C%26%14C%25%15C%24%16C%20%23%17. The van der Waals surface area contributed by atoms with E-state index in [2.05, 4.69) is 0 Å². The topological polar surface area (TPSA) is 0 Å². The molecule has 0 bridgehead atoms. The Balaban J connectivity index is 0.590. The van der Waals surface area contributed by atoms with Crippen molar-refractivity contribution in [3.63, 3.8) is 0 Å². The molecule has 0 amide bonds. The Morgan fingerprint density at radius 2 is 0.463 bits per heavy atom. The van der Waals surface area contributed by atoms with Crippen LogP contribution in [0.15, 0.2) is 0 Å². The smallest absolute Gasteiger partial charge is 0.000715 e.